The van der Waals surface area contributed by atoms with Crippen LogP contribution in [-0.2, 0) is 4.79 Å². The second kappa shape index (κ2) is 7.02. The summed E-state index contributed by atoms with van der Waals surface area (Å²) in [5.74, 6) is 2.33. The van der Waals surface area contributed by atoms with Gasteiger partial charge in [0, 0.05) is 50.3 Å². The number of rotatable bonds is 4. The summed E-state index contributed by atoms with van der Waals surface area (Å²) in [5, 5.41) is 0. The summed E-state index contributed by atoms with van der Waals surface area (Å²) in [4.78, 5) is 26.8. The van der Waals surface area contributed by atoms with E-state index in [0.717, 1.165) is 57.1 Å². The van der Waals surface area contributed by atoms with Crippen LogP contribution in [0.2, 0.25) is 0 Å². The van der Waals surface area contributed by atoms with Crippen molar-refractivity contribution < 1.29 is 4.79 Å². The average molecular weight is 371 g/mol. The standard InChI is InChI=1S/C20H30N6O/c1-13-11-14(13)19(27)26-10-4-5-17(26)18-15(12-22-24-18)16-6-7-21-20(23-16)25-8-2-3-9-25/h6-7,13-15,17-18,22,24H,2-5,8-12H2,1H3. The lowest BCUT2D eigenvalue weighted by Crippen LogP contribution is -2.50. The normalized spacial score (nSPS) is 35.8. The van der Waals surface area contributed by atoms with Gasteiger partial charge in [0.25, 0.3) is 0 Å². The van der Waals surface area contributed by atoms with Gasteiger partial charge in [-0.2, -0.15) is 0 Å². The Morgan fingerprint density at radius 3 is 2.81 bits per heavy atom. The van der Waals surface area contributed by atoms with E-state index in [-0.39, 0.29) is 23.9 Å². The van der Waals surface area contributed by atoms with Gasteiger partial charge in [0.2, 0.25) is 11.9 Å². The maximum absolute atomic E-state index is 12.9. The third-order valence-electron chi connectivity index (χ3n) is 6.88. The second-order valence-corrected chi connectivity index (χ2v) is 8.69. The molecule has 0 spiro atoms. The second-order valence-electron chi connectivity index (χ2n) is 8.69. The Kier molecular flexibility index (Phi) is 4.52. The van der Waals surface area contributed by atoms with Crippen molar-refractivity contribution in [3.63, 3.8) is 0 Å². The highest BCUT2D eigenvalue weighted by molar-refractivity contribution is 5.82. The fourth-order valence-electron chi connectivity index (χ4n) is 5.12. The van der Waals surface area contributed by atoms with Gasteiger partial charge in [0.05, 0.1) is 11.7 Å². The number of nitrogens with zero attached hydrogens (tertiary/aromatic N) is 4. The zero-order chi connectivity index (χ0) is 18.4. The molecule has 2 N–H and O–H groups in total. The van der Waals surface area contributed by atoms with Gasteiger partial charge < -0.3 is 9.80 Å². The smallest absolute Gasteiger partial charge is 0.226 e. The maximum Gasteiger partial charge on any atom is 0.226 e. The van der Waals surface area contributed by atoms with E-state index in [2.05, 4.69) is 38.6 Å². The predicted molar refractivity (Wildman–Crippen MR) is 103 cm³/mol. The third kappa shape index (κ3) is 3.21. The number of amides is 1. The molecule has 5 rings (SSSR count). The Morgan fingerprint density at radius 1 is 1.22 bits per heavy atom. The molecule has 1 aromatic rings. The highest BCUT2D eigenvalue weighted by Crippen LogP contribution is 2.41. The van der Waals surface area contributed by atoms with Crippen LogP contribution in [0.1, 0.15) is 50.6 Å². The van der Waals surface area contributed by atoms with Crippen LogP contribution in [0.4, 0.5) is 5.95 Å². The number of likely N-dealkylation sites (tertiary alicyclic amines) is 1. The van der Waals surface area contributed by atoms with E-state index in [4.69, 9.17) is 4.98 Å². The molecule has 1 saturated carbocycles. The highest BCUT2D eigenvalue weighted by atomic mass is 16.2. The van der Waals surface area contributed by atoms with Crippen LogP contribution >= 0.6 is 0 Å². The Balaban J connectivity index is 1.35. The van der Waals surface area contributed by atoms with Crippen molar-refractivity contribution in [3.8, 4) is 0 Å². The van der Waals surface area contributed by atoms with Crippen molar-refractivity contribution in [2.24, 2.45) is 11.8 Å². The molecule has 4 aliphatic rings. The molecule has 1 aromatic heterocycles. The number of hydrogen-bond donors (Lipinski definition) is 2. The molecule has 1 amide bonds. The zero-order valence-corrected chi connectivity index (χ0v) is 16.1. The molecule has 7 heteroatoms. The number of hydrogen-bond acceptors (Lipinski definition) is 6. The van der Waals surface area contributed by atoms with Gasteiger partial charge in [0.15, 0.2) is 0 Å². The van der Waals surface area contributed by atoms with Gasteiger partial charge >= 0.3 is 0 Å². The topological polar surface area (TPSA) is 73.4 Å². The lowest BCUT2D eigenvalue weighted by atomic mass is 9.90. The molecular weight excluding hydrogens is 340 g/mol. The molecule has 27 heavy (non-hydrogen) atoms. The molecule has 4 fully saturated rings. The largest absolute Gasteiger partial charge is 0.341 e. The van der Waals surface area contributed by atoms with Crippen molar-refractivity contribution in [2.45, 2.75) is 57.0 Å². The maximum atomic E-state index is 12.9. The number of hydrazine groups is 1. The van der Waals surface area contributed by atoms with Crippen LogP contribution < -0.4 is 15.8 Å². The number of carbonyl (C=O) groups is 1. The van der Waals surface area contributed by atoms with E-state index in [1.54, 1.807) is 0 Å². The van der Waals surface area contributed by atoms with E-state index in [0.29, 0.717) is 11.8 Å². The number of aromatic nitrogens is 2. The molecule has 146 valence electrons. The molecule has 0 aromatic carbocycles. The summed E-state index contributed by atoms with van der Waals surface area (Å²) in [6, 6.07) is 2.53. The number of anilines is 1. The van der Waals surface area contributed by atoms with Gasteiger partial charge in [-0.05, 0) is 44.1 Å². The van der Waals surface area contributed by atoms with Gasteiger partial charge in [-0.25, -0.2) is 9.97 Å². The van der Waals surface area contributed by atoms with E-state index in [1.807, 2.05) is 6.20 Å². The molecule has 5 unspecified atom stereocenters. The van der Waals surface area contributed by atoms with Crippen LogP contribution in [-0.4, -0.2) is 59.0 Å². The summed E-state index contributed by atoms with van der Waals surface area (Å²) in [5.41, 5.74) is 7.90. The summed E-state index contributed by atoms with van der Waals surface area (Å²) >= 11 is 0. The Hall–Kier alpha value is -1.73. The molecule has 4 heterocycles. The summed E-state index contributed by atoms with van der Waals surface area (Å²) in [6.07, 6.45) is 7.59. The molecule has 7 nitrogen and oxygen atoms in total. The van der Waals surface area contributed by atoms with Crippen LogP contribution in [0.3, 0.4) is 0 Å². The molecule has 0 bridgehead atoms. The quantitative estimate of drug-likeness (QED) is 0.832. The summed E-state index contributed by atoms with van der Waals surface area (Å²) in [6.45, 7) is 6.05. The highest BCUT2D eigenvalue weighted by Gasteiger charge is 2.47. The van der Waals surface area contributed by atoms with Crippen LogP contribution in [0, 0.1) is 11.8 Å². The minimum atomic E-state index is 0.215. The number of carbonyl (C=O) groups excluding carboxylic acids is 1. The fraction of sp³-hybridized carbons (Fsp3) is 0.750. The van der Waals surface area contributed by atoms with Gasteiger partial charge in [-0.15, -0.1) is 0 Å². The van der Waals surface area contributed by atoms with Crippen LogP contribution in [0.15, 0.2) is 12.3 Å². The average Bonchev–Trinajstić information content (AvgIpc) is 3.21. The molecule has 5 atom stereocenters. The van der Waals surface area contributed by atoms with Crippen molar-refractivity contribution >= 4 is 11.9 Å². The summed E-state index contributed by atoms with van der Waals surface area (Å²) < 4.78 is 0. The van der Waals surface area contributed by atoms with Crippen molar-refractivity contribution in [2.75, 3.05) is 31.1 Å². The van der Waals surface area contributed by atoms with E-state index < -0.39 is 0 Å². The van der Waals surface area contributed by atoms with Gasteiger partial charge in [-0.3, -0.25) is 15.6 Å². The fourth-order valence-corrected chi connectivity index (χ4v) is 5.12. The molecule has 3 aliphatic heterocycles. The first kappa shape index (κ1) is 17.4. The lowest BCUT2D eigenvalue weighted by molar-refractivity contribution is -0.134. The zero-order valence-electron chi connectivity index (χ0n) is 16.1. The lowest BCUT2D eigenvalue weighted by Gasteiger charge is -2.32. The first-order valence-corrected chi connectivity index (χ1v) is 10.6. The van der Waals surface area contributed by atoms with E-state index in [9.17, 15) is 4.79 Å². The molecular formula is C20H30N6O. The first-order chi connectivity index (χ1) is 13.2. The number of nitrogens with one attached hydrogen (secondary N) is 2. The third-order valence-corrected chi connectivity index (χ3v) is 6.88. The van der Waals surface area contributed by atoms with Crippen molar-refractivity contribution in [3.05, 3.63) is 18.0 Å². The Labute approximate surface area is 160 Å². The Morgan fingerprint density at radius 2 is 2.04 bits per heavy atom. The van der Waals surface area contributed by atoms with E-state index in [1.165, 1.54) is 12.8 Å². The Bertz CT molecular complexity index is 705. The molecule has 3 saturated heterocycles. The minimum absolute atomic E-state index is 0.215. The molecule has 0 radical (unpaired) electrons. The summed E-state index contributed by atoms with van der Waals surface area (Å²) in [7, 11) is 0. The van der Waals surface area contributed by atoms with Gasteiger partial charge in [-0.1, -0.05) is 6.92 Å². The van der Waals surface area contributed by atoms with E-state index >= 15 is 0 Å². The monoisotopic (exact) mass is 370 g/mol. The predicted octanol–water partition coefficient (Wildman–Crippen LogP) is 1.28. The minimum Gasteiger partial charge on any atom is -0.341 e. The van der Waals surface area contributed by atoms with Gasteiger partial charge in [0.1, 0.15) is 0 Å². The van der Waals surface area contributed by atoms with Crippen molar-refractivity contribution in [1.29, 1.82) is 0 Å². The van der Waals surface area contributed by atoms with Crippen molar-refractivity contribution in [1.82, 2.24) is 25.7 Å². The first-order valence-electron chi connectivity index (χ1n) is 10.6. The van der Waals surface area contributed by atoms with Crippen LogP contribution in [0.5, 0.6) is 0 Å². The molecule has 1 aliphatic carbocycles. The SMILES string of the molecule is CC1CC1C(=O)N1CCCC1C1NNCC1c1ccnc(N2CCCC2)n1. The van der Waals surface area contributed by atoms with Crippen LogP contribution in [0.25, 0.3) is 0 Å².